The SMILES string of the molecule is CCOc1cccc(C(=O)Nc2ccc3[nH]c(=O)[nH]c3c2)c1. The topological polar surface area (TPSA) is 87.0 Å². The predicted molar refractivity (Wildman–Crippen MR) is 84.5 cm³/mol. The minimum atomic E-state index is -0.275. The van der Waals surface area contributed by atoms with Crippen LogP contribution in [0, 0.1) is 0 Å². The molecule has 1 amide bonds. The van der Waals surface area contributed by atoms with E-state index >= 15 is 0 Å². The van der Waals surface area contributed by atoms with E-state index < -0.39 is 0 Å². The van der Waals surface area contributed by atoms with Crippen LogP contribution in [0.4, 0.5) is 5.69 Å². The van der Waals surface area contributed by atoms with Crippen molar-refractivity contribution in [2.75, 3.05) is 11.9 Å². The number of nitrogens with one attached hydrogen (secondary N) is 3. The molecule has 0 saturated heterocycles. The van der Waals surface area contributed by atoms with Crippen molar-refractivity contribution < 1.29 is 9.53 Å². The second-order valence-electron chi connectivity index (χ2n) is 4.75. The van der Waals surface area contributed by atoms with Gasteiger partial charge in [-0.1, -0.05) is 6.07 Å². The smallest absolute Gasteiger partial charge is 0.323 e. The molecule has 6 heteroatoms. The lowest BCUT2D eigenvalue weighted by Crippen LogP contribution is -2.11. The van der Waals surface area contributed by atoms with E-state index in [1.54, 1.807) is 42.5 Å². The summed E-state index contributed by atoms with van der Waals surface area (Å²) in [5.41, 5.74) is 2.18. The molecular weight excluding hydrogens is 282 g/mol. The van der Waals surface area contributed by atoms with Gasteiger partial charge in [0.2, 0.25) is 0 Å². The molecule has 6 nitrogen and oxygen atoms in total. The van der Waals surface area contributed by atoms with Crippen molar-refractivity contribution in [3.8, 4) is 5.75 Å². The third-order valence-corrected chi connectivity index (χ3v) is 3.18. The maximum absolute atomic E-state index is 12.3. The number of hydrogen-bond acceptors (Lipinski definition) is 3. The summed E-state index contributed by atoms with van der Waals surface area (Å²) < 4.78 is 5.38. The Bertz CT molecular complexity index is 879. The lowest BCUT2D eigenvalue weighted by molar-refractivity contribution is 0.102. The first-order chi connectivity index (χ1) is 10.7. The van der Waals surface area contributed by atoms with Gasteiger partial charge in [0.05, 0.1) is 17.6 Å². The van der Waals surface area contributed by atoms with Crippen LogP contribution in [-0.4, -0.2) is 22.5 Å². The number of benzene rings is 2. The molecular formula is C16H15N3O3. The molecule has 112 valence electrons. The van der Waals surface area contributed by atoms with E-state index in [0.29, 0.717) is 34.6 Å². The first-order valence-corrected chi connectivity index (χ1v) is 6.92. The number of carbonyl (C=O) groups is 1. The molecule has 3 rings (SSSR count). The van der Waals surface area contributed by atoms with Crippen LogP contribution in [0.3, 0.4) is 0 Å². The van der Waals surface area contributed by atoms with E-state index in [-0.39, 0.29) is 11.6 Å². The molecule has 0 spiro atoms. The summed E-state index contributed by atoms with van der Waals surface area (Å²) in [6.45, 7) is 2.43. The standard InChI is InChI=1S/C16H15N3O3/c1-2-22-12-5-3-4-10(8-12)15(20)17-11-6-7-13-14(9-11)19-16(21)18-13/h3-9H,2H2,1H3,(H,17,20)(H2,18,19,21). The van der Waals surface area contributed by atoms with Crippen molar-refractivity contribution in [3.05, 3.63) is 58.5 Å². The lowest BCUT2D eigenvalue weighted by Gasteiger charge is -2.07. The van der Waals surface area contributed by atoms with Gasteiger partial charge in [0.25, 0.3) is 5.91 Å². The fourth-order valence-corrected chi connectivity index (χ4v) is 2.21. The first kappa shape index (κ1) is 13.9. The van der Waals surface area contributed by atoms with E-state index in [2.05, 4.69) is 15.3 Å². The predicted octanol–water partition coefficient (Wildman–Crippen LogP) is 2.51. The van der Waals surface area contributed by atoms with Crippen LogP contribution in [0.2, 0.25) is 0 Å². The Kier molecular flexibility index (Phi) is 3.65. The molecule has 3 aromatic rings. The van der Waals surface area contributed by atoms with E-state index in [1.807, 2.05) is 6.92 Å². The Morgan fingerprint density at radius 3 is 2.77 bits per heavy atom. The zero-order chi connectivity index (χ0) is 15.5. The summed E-state index contributed by atoms with van der Waals surface area (Å²) in [5.74, 6) is 0.416. The number of hydrogen-bond donors (Lipinski definition) is 3. The molecule has 0 aliphatic heterocycles. The van der Waals surface area contributed by atoms with Crippen LogP contribution in [0.15, 0.2) is 47.3 Å². The van der Waals surface area contributed by atoms with E-state index in [4.69, 9.17) is 4.74 Å². The molecule has 0 fully saturated rings. The molecule has 1 heterocycles. The number of rotatable bonds is 4. The van der Waals surface area contributed by atoms with E-state index in [9.17, 15) is 9.59 Å². The number of amides is 1. The summed E-state index contributed by atoms with van der Waals surface area (Å²) in [4.78, 5) is 28.8. The van der Waals surface area contributed by atoms with Gasteiger partial charge < -0.3 is 20.0 Å². The Labute approximate surface area is 126 Å². The molecule has 0 aliphatic rings. The van der Waals surface area contributed by atoms with Gasteiger partial charge in [-0.2, -0.15) is 0 Å². The van der Waals surface area contributed by atoms with Crippen molar-refractivity contribution in [3.63, 3.8) is 0 Å². The van der Waals surface area contributed by atoms with Crippen molar-refractivity contribution in [1.82, 2.24) is 9.97 Å². The number of fused-ring (bicyclic) bond motifs is 1. The van der Waals surface area contributed by atoms with Crippen molar-refractivity contribution in [2.45, 2.75) is 6.92 Å². The second kappa shape index (κ2) is 5.77. The summed E-state index contributed by atoms with van der Waals surface area (Å²) in [7, 11) is 0. The largest absolute Gasteiger partial charge is 0.494 e. The molecule has 22 heavy (non-hydrogen) atoms. The molecule has 0 radical (unpaired) electrons. The van der Waals surface area contributed by atoms with E-state index in [0.717, 1.165) is 0 Å². The second-order valence-corrected chi connectivity index (χ2v) is 4.75. The number of ether oxygens (including phenoxy) is 1. The van der Waals surface area contributed by atoms with Crippen LogP contribution >= 0.6 is 0 Å². The first-order valence-electron chi connectivity index (χ1n) is 6.92. The summed E-state index contributed by atoms with van der Waals surface area (Å²) >= 11 is 0. The minimum absolute atomic E-state index is 0.237. The molecule has 3 N–H and O–H groups in total. The molecule has 0 aliphatic carbocycles. The van der Waals surface area contributed by atoms with Crippen LogP contribution in [0.5, 0.6) is 5.75 Å². The molecule has 0 saturated carbocycles. The van der Waals surface area contributed by atoms with E-state index in [1.165, 1.54) is 0 Å². The molecule has 2 aromatic carbocycles. The lowest BCUT2D eigenvalue weighted by atomic mass is 10.2. The fourth-order valence-electron chi connectivity index (χ4n) is 2.21. The fraction of sp³-hybridized carbons (Fsp3) is 0.125. The average Bonchev–Trinajstić information content (AvgIpc) is 2.87. The highest BCUT2D eigenvalue weighted by atomic mass is 16.5. The zero-order valence-corrected chi connectivity index (χ0v) is 12.0. The number of carbonyl (C=O) groups excluding carboxylic acids is 1. The van der Waals surface area contributed by atoms with Crippen LogP contribution in [-0.2, 0) is 0 Å². The molecule has 1 aromatic heterocycles. The zero-order valence-electron chi connectivity index (χ0n) is 12.0. The highest BCUT2D eigenvalue weighted by Crippen LogP contribution is 2.17. The van der Waals surface area contributed by atoms with Crippen molar-refractivity contribution in [2.24, 2.45) is 0 Å². The summed E-state index contributed by atoms with van der Waals surface area (Å²) in [5, 5.41) is 2.80. The van der Waals surface area contributed by atoms with Gasteiger partial charge in [0.1, 0.15) is 5.75 Å². The monoisotopic (exact) mass is 297 g/mol. The van der Waals surface area contributed by atoms with Gasteiger partial charge in [-0.25, -0.2) is 4.79 Å². The number of aromatic nitrogens is 2. The quantitative estimate of drug-likeness (QED) is 0.691. The van der Waals surface area contributed by atoms with Crippen molar-refractivity contribution >= 4 is 22.6 Å². The average molecular weight is 297 g/mol. The third-order valence-electron chi connectivity index (χ3n) is 3.18. The van der Waals surface area contributed by atoms with Gasteiger partial charge in [-0.15, -0.1) is 0 Å². The van der Waals surface area contributed by atoms with Crippen LogP contribution < -0.4 is 15.7 Å². The highest BCUT2D eigenvalue weighted by Gasteiger charge is 2.08. The molecule has 0 bridgehead atoms. The Balaban J connectivity index is 1.82. The van der Waals surface area contributed by atoms with Gasteiger partial charge in [0.15, 0.2) is 0 Å². The minimum Gasteiger partial charge on any atom is -0.494 e. The Morgan fingerprint density at radius 2 is 1.95 bits per heavy atom. The number of anilines is 1. The van der Waals surface area contributed by atoms with Crippen molar-refractivity contribution in [1.29, 1.82) is 0 Å². The van der Waals surface area contributed by atoms with Crippen LogP contribution in [0.1, 0.15) is 17.3 Å². The number of imidazole rings is 1. The van der Waals surface area contributed by atoms with Crippen LogP contribution in [0.25, 0.3) is 11.0 Å². The van der Waals surface area contributed by atoms with Gasteiger partial charge in [0, 0.05) is 11.3 Å². The third kappa shape index (κ3) is 2.85. The van der Waals surface area contributed by atoms with Gasteiger partial charge >= 0.3 is 5.69 Å². The number of H-pyrrole nitrogens is 2. The molecule has 0 unspecified atom stereocenters. The highest BCUT2D eigenvalue weighted by molar-refractivity contribution is 6.05. The Morgan fingerprint density at radius 1 is 1.14 bits per heavy atom. The normalized spacial score (nSPS) is 10.6. The van der Waals surface area contributed by atoms with Gasteiger partial charge in [-0.3, -0.25) is 4.79 Å². The summed E-state index contributed by atoms with van der Waals surface area (Å²) in [6.07, 6.45) is 0. The maximum atomic E-state index is 12.3. The molecule has 0 atom stereocenters. The number of aromatic amines is 2. The maximum Gasteiger partial charge on any atom is 0.323 e. The summed E-state index contributed by atoms with van der Waals surface area (Å²) in [6, 6.07) is 12.2. The Hall–Kier alpha value is -3.02. The van der Waals surface area contributed by atoms with Gasteiger partial charge in [-0.05, 0) is 43.3 Å².